The maximum Gasteiger partial charge on any atom is 0.261 e. The molecule has 0 aliphatic heterocycles. The lowest BCUT2D eigenvalue weighted by atomic mass is 9.83. The van der Waals surface area contributed by atoms with E-state index in [-0.39, 0.29) is 12.1 Å². The molecule has 0 saturated heterocycles. The molecule has 1 saturated carbocycles. The van der Waals surface area contributed by atoms with Crippen LogP contribution in [0.5, 0.6) is 0 Å². The predicted octanol–water partition coefficient (Wildman–Crippen LogP) is 1.93. The van der Waals surface area contributed by atoms with Gasteiger partial charge in [0.15, 0.2) is 0 Å². The van der Waals surface area contributed by atoms with Crippen LogP contribution >= 0.6 is 0 Å². The van der Waals surface area contributed by atoms with Gasteiger partial charge in [0.1, 0.15) is 6.61 Å². The van der Waals surface area contributed by atoms with Gasteiger partial charge in [-0.1, -0.05) is 19.3 Å². The summed E-state index contributed by atoms with van der Waals surface area (Å²) in [7, 11) is 0. The van der Waals surface area contributed by atoms with Gasteiger partial charge < -0.3 is 10.5 Å². The van der Waals surface area contributed by atoms with Crippen molar-refractivity contribution in [3.05, 3.63) is 0 Å². The molecule has 1 aliphatic rings. The molecule has 13 heavy (non-hydrogen) atoms. The highest BCUT2D eigenvalue weighted by Gasteiger charge is 2.27. The monoisotopic (exact) mass is 193 g/mol. The fourth-order valence-corrected chi connectivity index (χ4v) is 1.75. The van der Waals surface area contributed by atoms with Gasteiger partial charge in [-0.05, 0) is 12.8 Å². The van der Waals surface area contributed by atoms with E-state index in [0.29, 0.717) is 0 Å². The molecule has 0 amide bonds. The van der Waals surface area contributed by atoms with Crippen LogP contribution < -0.4 is 5.73 Å². The first-order chi connectivity index (χ1) is 6.12. The van der Waals surface area contributed by atoms with Crippen molar-refractivity contribution in [2.24, 2.45) is 5.73 Å². The van der Waals surface area contributed by atoms with E-state index in [0.717, 1.165) is 25.7 Å². The Balaban J connectivity index is 2.17. The maximum atomic E-state index is 11.7. The summed E-state index contributed by atoms with van der Waals surface area (Å²) in [5.41, 5.74) is 5.64. The second-order valence-electron chi connectivity index (χ2n) is 3.83. The van der Waals surface area contributed by atoms with Crippen molar-refractivity contribution in [2.45, 2.75) is 44.1 Å². The van der Waals surface area contributed by atoms with Crippen molar-refractivity contribution < 1.29 is 13.5 Å². The number of halogens is 2. The molecule has 0 aromatic carbocycles. The van der Waals surface area contributed by atoms with Crippen molar-refractivity contribution in [3.8, 4) is 0 Å². The third kappa shape index (κ3) is 4.00. The molecule has 0 aromatic rings. The van der Waals surface area contributed by atoms with Gasteiger partial charge in [0.05, 0.1) is 6.61 Å². The molecular weight excluding hydrogens is 176 g/mol. The minimum absolute atomic E-state index is 0.275. The van der Waals surface area contributed by atoms with Crippen molar-refractivity contribution >= 4 is 0 Å². The average Bonchev–Trinajstić information content (AvgIpc) is 2.04. The fourth-order valence-electron chi connectivity index (χ4n) is 1.75. The first kappa shape index (κ1) is 10.9. The van der Waals surface area contributed by atoms with Crippen molar-refractivity contribution in [1.82, 2.24) is 0 Å². The number of rotatable bonds is 4. The Morgan fingerprint density at radius 3 is 2.38 bits per heavy atom. The highest BCUT2D eigenvalue weighted by molar-refractivity contribution is 4.86. The zero-order valence-electron chi connectivity index (χ0n) is 7.77. The Kier molecular flexibility index (Phi) is 4.06. The SMILES string of the molecule is NC1(COCC(F)F)CCCCC1. The van der Waals surface area contributed by atoms with Gasteiger partial charge in [0.25, 0.3) is 6.43 Å². The molecule has 0 bridgehead atoms. The lowest BCUT2D eigenvalue weighted by Crippen LogP contribution is -2.46. The third-order valence-corrected chi connectivity index (χ3v) is 2.48. The molecule has 0 aromatic heterocycles. The minimum Gasteiger partial charge on any atom is -0.374 e. The second-order valence-corrected chi connectivity index (χ2v) is 3.83. The summed E-state index contributed by atoms with van der Waals surface area (Å²) in [6.45, 7) is -0.212. The van der Waals surface area contributed by atoms with Crippen LogP contribution in [0.3, 0.4) is 0 Å². The molecule has 0 atom stereocenters. The number of hydrogen-bond donors (Lipinski definition) is 1. The van der Waals surface area contributed by atoms with E-state index in [1.165, 1.54) is 6.42 Å². The van der Waals surface area contributed by atoms with Gasteiger partial charge >= 0.3 is 0 Å². The molecule has 2 N–H and O–H groups in total. The first-order valence-electron chi connectivity index (χ1n) is 4.77. The Labute approximate surface area is 77.4 Å². The normalized spacial score (nSPS) is 22.2. The number of ether oxygens (including phenoxy) is 1. The van der Waals surface area contributed by atoms with Gasteiger partial charge in [0, 0.05) is 5.54 Å². The van der Waals surface area contributed by atoms with Crippen LogP contribution in [0.2, 0.25) is 0 Å². The number of nitrogens with two attached hydrogens (primary N) is 1. The topological polar surface area (TPSA) is 35.2 Å². The zero-order valence-corrected chi connectivity index (χ0v) is 7.77. The highest BCUT2D eigenvalue weighted by Crippen LogP contribution is 2.25. The Morgan fingerprint density at radius 2 is 1.85 bits per heavy atom. The van der Waals surface area contributed by atoms with Gasteiger partial charge in [-0.25, -0.2) is 8.78 Å². The van der Waals surface area contributed by atoms with Gasteiger partial charge in [-0.15, -0.1) is 0 Å². The molecule has 0 unspecified atom stereocenters. The Morgan fingerprint density at radius 1 is 1.23 bits per heavy atom. The molecule has 1 rings (SSSR count). The smallest absolute Gasteiger partial charge is 0.261 e. The summed E-state index contributed by atoms with van der Waals surface area (Å²) in [5.74, 6) is 0. The molecule has 1 fully saturated rings. The van der Waals surface area contributed by atoms with Gasteiger partial charge in [-0.2, -0.15) is 0 Å². The molecule has 4 heteroatoms. The van der Waals surface area contributed by atoms with E-state index in [2.05, 4.69) is 0 Å². The second kappa shape index (κ2) is 4.86. The molecule has 0 spiro atoms. The Bertz CT molecular complexity index is 147. The number of alkyl halides is 2. The summed E-state index contributed by atoms with van der Waals surface area (Å²) >= 11 is 0. The van der Waals surface area contributed by atoms with E-state index in [1.807, 2.05) is 0 Å². The Hall–Kier alpha value is -0.220. The van der Waals surface area contributed by atoms with Crippen LogP contribution in [-0.4, -0.2) is 25.2 Å². The first-order valence-corrected chi connectivity index (χ1v) is 4.77. The lowest BCUT2D eigenvalue weighted by molar-refractivity contribution is -0.00762. The summed E-state index contributed by atoms with van der Waals surface area (Å²) < 4.78 is 28.4. The van der Waals surface area contributed by atoms with E-state index in [4.69, 9.17) is 10.5 Å². The molecule has 0 heterocycles. The third-order valence-electron chi connectivity index (χ3n) is 2.48. The quantitative estimate of drug-likeness (QED) is 0.740. The van der Waals surface area contributed by atoms with Gasteiger partial charge in [-0.3, -0.25) is 0 Å². The summed E-state index contributed by atoms with van der Waals surface area (Å²) in [6, 6.07) is 0. The van der Waals surface area contributed by atoms with Crippen molar-refractivity contribution in [1.29, 1.82) is 0 Å². The van der Waals surface area contributed by atoms with E-state index < -0.39 is 13.0 Å². The summed E-state index contributed by atoms with van der Waals surface area (Å²) in [4.78, 5) is 0. The van der Waals surface area contributed by atoms with Crippen LogP contribution in [-0.2, 0) is 4.74 Å². The van der Waals surface area contributed by atoms with Crippen LogP contribution in [0.25, 0.3) is 0 Å². The summed E-state index contributed by atoms with van der Waals surface area (Å²) in [6.07, 6.45) is 2.80. The summed E-state index contributed by atoms with van der Waals surface area (Å²) in [5, 5.41) is 0. The number of hydrogen-bond acceptors (Lipinski definition) is 2. The van der Waals surface area contributed by atoms with E-state index >= 15 is 0 Å². The molecular formula is C9H17F2NO. The molecule has 1 aliphatic carbocycles. The standard InChI is InChI=1S/C9H17F2NO/c10-8(11)6-13-7-9(12)4-2-1-3-5-9/h8H,1-7,12H2. The maximum absolute atomic E-state index is 11.7. The molecule has 78 valence electrons. The predicted molar refractivity (Wildman–Crippen MR) is 46.8 cm³/mol. The zero-order chi connectivity index (χ0) is 9.73. The van der Waals surface area contributed by atoms with Crippen LogP contribution in [0.15, 0.2) is 0 Å². The highest BCUT2D eigenvalue weighted by atomic mass is 19.3. The van der Waals surface area contributed by atoms with Gasteiger partial charge in [0.2, 0.25) is 0 Å². The van der Waals surface area contributed by atoms with Crippen LogP contribution in [0.1, 0.15) is 32.1 Å². The average molecular weight is 193 g/mol. The largest absolute Gasteiger partial charge is 0.374 e. The van der Waals surface area contributed by atoms with E-state index in [9.17, 15) is 8.78 Å². The minimum atomic E-state index is -2.38. The van der Waals surface area contributed by atoms with Crippen molar-refractivity contribution in [2.75, 3.05) is 13.2 Å². The lowest BCUT2D eigenvalue weighted by Gasteiger charge is -2.32. The molecule has 2 nitrogen and oxygen atoms in total. The molecule has 0 radical (unpaired) electrons. The van der Waals surface area contributed by atoms with Crippen LogP contribution in [0, 0.1) is 0 Å². The van der Waals surface area contributed by atoms with Crippen LogP contribution in [0.4, 0.5) is 8.78 Å². The fraction of sp³-hybridized carbons (Fsp3) is 1.00. The van der Waals surface area contributed by atoms with E-state index in [1.54, 1.807) is 0 Å². The van der Waals surface area contributed by atoms with Crippen molar-refractivity contribution in [3.63, 3.8) is 0 Å².